The second-order valence-electron chi connectivity index (χ2n) is 5.79. The van der Waals surface area contributed by atoms with Crippen LogP contribution in [-0.4, -0.2) is 23.2 Å². The minimum atomic E-state index is -3.64. The van der Waals surface area contributed by atoms with E-state index in [0.29, 0.717) is 33.7 Å². The molecule has 2 aromatic heterocycles. The number of anilines is 1. The smallest absolute Gasteiger partial charge is 0.238 e. The number of pyridine rings is 1. The molecule has 0 fully saturated rings. The van der Waals surface area contributed by atoms with Crippen molar-refractivity contribution in [1.82, 2.24) is 14.8 Å². The summed E-state index contributed by atoms with van der Waals surface area (Å²) in [5, 5.41) is 5.05. The second-order valence-corrected chi connectivity index (χ2v) is 8.33. The number of halogens is 2. The van der Waals surface area contributed by atoms with Crippen LogP contribution in [-0.2, 0) is 22.3 Å². The lowest BCUT2D eigenvalue weighted by molar-refractivity contribution is 0.598. The first-order valence-corrected chi connectivity index (χ1v) is 10.1. The third-order valence-corrected chi connectivity index (χ3v) is 5.56. The number of aromatic nitrogens is 3. The van der Waals surface area contributed by atoms with E-state index in [4.69, 9.17) is 23.2 Å². The molecule has 0 saturated carbocycles. The van der Waals surface area contributed by atoms with Gasteiger partial charge in [-0.15, -0.1) is 0 Å². The Morgan fingerprint density at radius 3 is 2.46 bits per heavy atom. The van der Waals surface area contributed by atoms with Crippen molar-refractivity contribution in [2.24, 2.45) is 0 Å². The predicted octanol–water partition coefficient (Wildman–Crippen LogP) is 3.88. The summed E-state index contributed by atoms with van der Waals surface area (Å²) in [5.41, 5.74) is 2.23. The van der Waals surface area contributed by atoms with Crippen molar-refractivity contribution in [2.45, 2.75) is 19.2 Å². The first kappa shape index (κ1) is 18.7. The molecule has 1 N–H and O–H groups in total. The predicted molar refractivity (Wildman–Crippen MR) is 103 cm³/mol. The number of rotatable bonds is 6. The molecule has 0 unspecified atom stereocenters. The standard InChI is InChI=1S/C17H16Cl2N4O2S/c1-12-8-17(23(21-12)10-13-4-6-20-7-5-13)22-26(24,25)11-14-2-3-15(18)16(19)9-14/h2-9,22H,10-11H2,1H3. The van der Waals surface area contributed by atoms with Crippen LogP contribution in [0.1, 0.15) is 16.8 Å². The fraction of sp³-hybridized carbons (Fsp3) is 0.176. The highest BCUT2D eigenvalue weighted by molar-refractivity contribution is 7.91. The quantitative estimate of drug-likeness (QED) is 0.668. The number of sulfonamides is 1. The number of nitrogens with zero attached hydrogens (tertiary/aromatic N) is 3. The van der Waals surface area contributed by atoms with E-state index in [-0.39, 0.29) is 5.75 Å². The molecule has 0 bridgehead atoms. The summed E-state index contributed by atoms with van der Waals surface area (Å²) in [4.78, 5) is 3.97. The SMILES string of the molecule is Cc1cc(NS(=O)(=O)Cc2ccc(Cl)c(Cl)c2)n(Cc2ccncc2)n1. The second kappa shape index (κ2) is 7.65. The Kier molecular flexibility index (Phi) is 5.50. The zero-order chi connectivity index (χ0) is 18.7. The van der Waals surface area contributed by atoms with Crippen molar-refractivity contribution in [3.05, 3.63) is 75.7 Å². The lowest BCUT2D eigenvalue weighted by atomic mass is 10.2. The van der Waals surface area contributed by atoms with E-state index in [1.54, 1.807) is 48.3 Å². The van der Waals surface area contributed by atoms with Crippen LogP contribution in [0.5, 0.6) is 0 Å². The van der Waals surface area contributed by atoms with Crippen molar-refractivity contribution >= 4 is 39.0 Å². The number of aryl methyl sites for hydroxylation is 1. The highest BCUT2D eigenvalue weighted by atomic mass is 35.5. The molecule has 0 atom stereocenters. The van der Waals surface area contributed by atoms with Crippen LogP contribution in [0, 0.1) is 6.92 Å². The first-order valence-electron chi connectivity index (χ1n) is 7.70. The minimum Gasteiger partial charge on any atom is -0.267 e. The maximum absolute atomic E-state index is 12.5. The molecule has 0 saturated heterocycles. The van der Waals surface area contributed by atoms with Crippen molar-refractivity contribution in [3.63, 3.8) is 0 Å². The molecule has 0 aliphatic rings. The summed E-state index contributed by atoms with van der Waals surface area (Å²) < 4.78 is 29.3. The summed E-state index contributed by atoms with van der Waals surface area (Å²) >= 11 is 11.8. The lowest BCUT2D eigenvalue weighted by Crippen LogP contribution is -2.18. The van der Waals surface area contributed by atoms with Gasteiger partial charge < -0.3 is 0 Å². The van der Waals surface area contributed by atoms with Crippen LogP contribution in [0.3, 0.4) is 0 Å². The molecule has 0 aliphatic heterocycles. The molecule has 3 rings (SSSR count). The Labute approximate surface area is 161 Å². The zero-order valence-corrected chi connectivity index (χ0v) is 16.2. The highest BCUT2D eigenvalue weighted by Crippen LogP contribution is 2.24. The van der Waals surface area contributed by atoms with Crippen molar-refractivity contribution in [3.8, 4) is 0 Å². The molecule has 2 heterocycles. The van der Waals surface area contributed by atoms with Gasteiger partial charge in [-0.05, 0) is 42.3 Å². The van der Waals surface area contributed by atoms with E-state index >= 15 is 0 Å². The van der Waals surface area contributed by atoms with Crippen LogP contribution in [0.25, 0.3) is 0 Å². The van der Waals surface area contributed by atoms with Crippen LogP contribution < -0.4 is 4.72 Å². The first-order chi connectivity index (χ1) is 12.3. The van der Waals surface area contributed by atoms with Gasteiger partial charge >= 0.3 is 0 Å². The van der Waals surface area contributed by atoms with Gasteiger partial charge in [-0.1, -0.05) is 29.3 Å². The van der Waals surface area contributed by atoms with Crippen molar-refractivity contribution in [2.75, 3.05) is 4.72 Å². The maximum atomic E-state index is 12.5. The molecule has 136 valence electrons. The van der Waals surface area contributed by atoms with E-state index in [0.717, 1.165) is 5.56 Å². The number of nitrogens with one attached hydrogen (secondary N) is 1. The van der Waals surface area contributed by atoms with Crippen molar-refractivity contribution in [1.29, 1.82) is 0 Å². The summed E-state index contributed by atoms with van der Waals surface area (Å²) in [6.45, 7) is 2.24. The molecule has 0 amide bonds. The Morgan fingerprint density at radius 1 is 1.04 bits per heavy atom. The Balaban J connectivity index is 1.80. The number of hydrogen-bond donors (Lipinski definition) is 1. The van der Waals surface area contributed by atoms with E-state index < -0.39 is 10.0 Å². The van der Waals surface area contributed by atoms with E-state index in [1.807, 2.05) is 12.1 Å². The molecule has 3 aromatic rings. The highest BCUT2D eigenvalue weighted by Gasteiger charge is 2.16. The topological polar surface area (TPSA) is 76.9 Å². The van der Waals surface area contributed by atoms with E-state index in [9.17, 15) is 8.42 Å². The molecular formula is C17H16Cl2N4O2S. The largest absolute Gasteiger partial charge is 0.267 e. The fourth-order valence-electron chi connectivity index (χ4n) is 2.45. The fourth-order valence-corrected chi connectivity index (χ4v) is 3.95. The van der Waals surface area contributed by atoms with E-state index in [1.165, 1.54) is 0 Å². The lowest BCUT2D eigenvalue weighted by Gasteiger charge is -2.11. The van der Waals surface area contributed by atoms with Gasteiger partial charge in [0.25, 0.3) is 0 Å². The summed E-state index contributed by atoms with van der Waals surface area (Å²) in [6.07, 6.45) is 3.36. The number of hydrogen-bond acceptors (Lipinski definition) is 4. The van der Waals surface area contributed by atoms with E-state index in [2.05, 4.69) is 14.8 Å². The van der Waals surface area contributed by atoms with Gasteiger partial charge in [-0.2, -0.15) is 5.10 Å². The molecule has 26 heavy (non-hydrogen) atoms. The third kappa shape index (κ3) is 4.75. The normalized spacial score (nSPS) is 11.5. The van der Waals surface area contributed by atoms with Crippen LogP contribution >= 0.6 is 23.2 Å². The summed E-state index contributed by atoms with van der Waals surface area (Å²) in [6, 6.07) is 10.1. The third-order valence-electron chi connectivity index (χ3n) is 3.58. The summed E-state index contributed by atoms with van der Waals surface area (Å²) in [7, 11) is -3.64. The molecule has 0 radical (unpaired) electrons. The molecule has 9 heteroatoms. The number of benzene rings is 1. The minimum absolute atomic E-state index is 0.219. The van der Waals surface area contributed by atoms with Crippen LogP contribution in [0.15, 0.2) is 48.8 Å². The average molecular weight is 411 g/mol. The van der Waals surface area contributed by atoms with Gasteiger partial charge in [0.05, 0.1) is 28.0 Å². The Bertz CT molecular complexity index is 1020. The van der Waals surface area contributed by atoms with Gasteiger partial charge in [-0.3, -0.25) is 9.71 Å². The maximum Gasteiger partial charge on any atom is 0.238 e. The van der Waals surface area contributed by atoms with Crippen LogP contribution in [0.2, 0.25) is 10.0 Å². The monoisotopic (exact) mass is 410 g/mol. The van der Waals surface area contributed by atoms with Crippen molar-refractivity contribution < 1.29 is 8.42 Å². The van der Waals surface area contributed by atoms with Gasteiger partial charge in [-0.25, -0.2) is 13.1 Å². The average Bonchev–Trinajstić information content (AvgIpc) is 2.90. The molecule has 0 spiro atoms. The molecular weight excluding hydrogens is 395 g/mol. The van der Waals surface area contributed by atoms with Gasteiger partial charge in [0, 0.05) is 18.5 Å². The van der Waals surface area contributed by atoms with Gasteiger partial charge in [0.2, 0.25) is 10.0 Å². The molecule has 0 aliphatic carbocycles. The van der Waals surface area contributed by atoms with Gasteiger partial charge in [0.15, 0.2) is 0 Å². The Morgan fingerprint density at radius 2 is 1.77 bits per heavy atom. The zero-order valence-electron chi connectivity index (χ0n) is 13.9. The summed E-state index contributed by atoms with van der Waals surface area (Å²) in [5.74, 6) is 0.183. The van der Waals surface area contributed by atoms with Crippen LogP contribution in [0.4, 0.5) is 5.82 Å². The Hall–Kier alpha value is -2.09. The van der Waals surface area contributed by atoms with Gasteiger partial charge in [0.1, 0.15) is 5.82 Å². The molecule has 1 aromatic carbocycles. The molecule has 6 nitrogen and oxygen atoms in total.